The molecule has 0 saturated carbocycles. The third-order valence-corrected chi connectivity index (χ3v) is 14.4. The number of quaternary nitrogens is 2. The largest absolute Gasteiger partial charge is 0.394 e. The van der Waals surface area contributed by atoms with Crippen LogP contribution in [-0.2, 0) is 23.7 Å². The molecule has 0 aromatic carbocycles. The molecule has 0 spiro atoms. The van der Waals surface area contributed by atoms with Crippen LogP contribution in [0.5, 0.6) is 0 Å². The van der Waals surface area contributed by atoms with Crippen molar-refractivity contribution < 1.29 is 37.8 Å². The number of hydrogen-bond acceptors (Lipinski definition) is 14. The van der Waals surface area contributed by atoms with Crippen molar-refractivity contribution in [1.29, 1.82) is 0 Å². The summed E-state index contributed by atoms with van der Waals surface area (Å²) in [5, 5.41) is 8.29. The predicted molar refractivity (Wildman–Crippen MR) is 367 cm³/mol. The van der Waals surface area contributed by atoms with Gasteiger partial charge in [0.2, 0.25) is 0 Å². The van der Waals surface area contributed by atoms with Crippen LogP contribution in [0.3, 0.4) is 0 Å². The Labute approximate surface area is 526 Å². The van der Waals surface area contributed by atoms with E-state index in [2.05, 4.69) is 202 Å². The van der Waals surface area contributed by atoms with Crippen LogP contribution in [0.4, 0.5) is 0 Å². The molecule has 1 unspecified atom stereocenters. The van der Waals surface area contributed by atoms with E-state index in [1.54, 1.807) is 0 Å². The summed E-state index contributed by atoms with van der Waals surface area (Å²) in [5.41, 5.74) is 0. The first kappa shape index (κ1) is 93.7. The molecule has 0 aromatic heterocycles. The maximum atomic E-state index is 8.29. The Bertz CT molecular complexity index is 1200. The van der Waals surface area contributed by atoms with E-state index in [0.717, 1.165) is 76.7 Å². The lowest BCUT2D eigenvalue weighted by molar-refractivity contribution is -0.888. The fourth-order valence-electron chi connectivity index (χ4n) is 8.11. The number of nitrogens with zero attached hydrogens (tertiary/aromatic N) is 10. The first-order valence-electron chi connectivity index (χ1n) is 32.7. The van der Waals surface area contributed by atoms with Gasteiger partial charge in [0.1, 0.15) is 12.6 Å². The number of ether oxygens (including phenoxy) is 5. The summed E-state index contributed by atoms with van der Waals surface area (Å²) >= 11 is 5.61. The minimum absolute atomic E-state index is 0.118. The number of aliphatic hydroxyl groups excluding tert-OH is 1. The van der Waals surface area contributed by atoms with Gasteiger partial charge in [-0.05, 0) is 212 Å². The Hall–Kier alpha value is -0.480. The second-order valence-electron chi connectivity index (χ2n) is 26.3. The van der Waals surface area contributed by atoms with Crippen molar-refractivity contribution in [3.05, 3.63) is 6.92 Å². The third-order valence-electron chi connectivity index (χ3n) is 14.2. The number of likely N-dealkylation sites (N-methyl/N-ethyl adjacent to an activating group) is 3. The Morgan fingerprint density at radius 3 is 0.880 bits per heavy atom. The molecule has 0 fully saturated rings. The fourth-order valence-corrected chi connectivity index (χ4v) is 8.31. The van der Waals surface area contributed by atoms with Gasteiger partial charge < -0.3 is 62.3 Å². The van der Waals surface area contributed by atoms with Crippen LogP contribution in [0.25, 0.3) is 0 Å². The van der Waals surface area contributed by atoms with Crippen molar-refractivity contribution >= 4 is 11.6 Å². The van der Waals surface area contributed by atoms with E-state index >= 15 is 0 Å². The number of hydrogen-bond donors (Lipinski definition) is 1. The van der Waals surface area contributed by atoms with E-state index in [0.29, 0.717) is 81.8 Å². The topological polar surface area (TPSA) is 92.3 Å². The van der Waals surface area contributed by atoms with Gasteiger partial charge in [-0.3, -0.25) is 14.7 Å². The normalized spacial score (nSPS) is 12.5. The van der Waals surface area contributed by atoms with Crippen LogP contribution in [0.1, 0.15) is 141 Å². The van der Waals surface area contributed by atoms with E-state index in [9.17, 15) is 0 Å². The van der Waals surface area contributed by atoms with E-state index in [1.165, 1.54) is 88.6 Å². The molecule has 1 atom stereocenters. The molecule has 83 heavy (non-hydrogen) atoms. The summed E-state index contributed by atoms with van der Waals surface area (Å²) in [6.07, 6.45) is 11.0. The second-order valence-corrected chi connectivity index (χ2v) is 26.7. The molecule has 0 aliphatic heterocycles. The highest BCUT2D eigenvalue weighted by Crippen LogP contribution is 2.08. The summed E-state index contributed by atoms with van der Waals surface area (Å²) < 4.78 is 29.5. The van der Waals surface area contributed by atoms with Crippen molar-refractivity contribution in [2.75, 3.05) is 256 Å². The van der Waals surface area contributed by atoms with Gasteiger partial charge in [0.25, 0.3) is 0 Å². The zero-order valence-corrected chi connectivity index (χ0v) is 61.9. The lowest BCUT2D eigenvalue weighted by Crippen LogP contribution is -2.42. The number of unbranched alkanes of at least 4 members (excludes halogenated alkanes) is 6. The molecule has 0 bridgehead atoms. The monoisotopic (exact) mass is 1220 g/mol. The van der Waals surface area contributed by atoms with Crippen molar-refractivity contribution in [1.82, 2.24) is 39.2 Å². The summed E-state index contributed by atoms with van der Waals surface area (Å²) in [5.74, 6) is 0.692. The van der Waals surface area contributed by atoms with Crippen LogP contribution >= 0.6 is 11.6 Å². The summed E-state index contributed by atoms with van der Waals surface area (Å²) in [4.78, 5) is 18.1. The quantitative estimate of drug-likeness (QED) is 0.0272. The fraction of sp³-hybridized carbons (Fsp3) is 0.985. The van der Waals surface area contributed by atoms with Crippen LogP contribution in [0.2, 0.25) is 0 Å². The molecule has 16 nitrogen and oxygen atoms in total. The van der Waals surface area contributed by atoms with Crippen molar-refractivity contribution in [3.63, 3.8) is 0 Å². The van der Waals surface area contributed by atoms with Gasteiger partial charge in [0.05, 0.1) is 127 Å². The van der Waals surface area contributed by atoms with Crippen LogP contribution in [0.15, 0.2) is 0 Å². The number of halogens is 1. The maximum Gasteiger partial charge on any atom is 0.146 e. The van der Waals surface area contributed by atoms with Crippen LogP contribution < -0.4 is 0 Å². The second kappa shape index (κ2) is 64.5. The van der Waals surface area contributed by atoms with Gasteiger partial charge in [0.15, 0.2) is 0 Å². The number of rotatable bonds is 47. The smallest absolute Gasteiger partial charge is 0.146 e. The molecule has 17 heteroatoms. The molecular formula is C66H154ClN10O6+3. The third kappa shape index (κ3) is 79.5. The minimum Gasteiger partial charge on any atom is -0.394 e. The van der Waals surface area contributed by atoms with Gasteiger partial charge >= 0.3 is 0 Å². The van der Waals surface area contributed by atoms with Crippen molar-refractivity contribution in [3.8, 4) is 0 Å². The van der Waals surface area contributed by atoms with Crippen LogP contribution in [0, 0.1) is 6.92 Å². The molecule has 0 heterocycles. The molecule has 1 N–H and O–H groups in total. The Morgan fingerprint density at radius 2 is 0.627 bits per heavy atom. The number of alkyl halides is 1. The van der Waals surface area contributed by atoms with Crippen molar-refractivity contribution in [2.24, 2.45) is 0 Å². The predicted octanol–water partition coefficient (Wildman–Crippen LogP) is 9.52. The molecule has 0 aliphatic rings. The molecular weight excluding hydrogens is 1060 g/mol. The highest BCUT2D eigenvalue weighted by atomic mass is 35.5. The molecule has 0 rings (SSSR count). The van der Waals surface area contributed by atoms with Gasteiger partial charge in [0, 0.05) is 68.8 Å². The van der Waals surface area contributed by atoms with Crippen molar-refractivity contribution in [2.45, 2.75) is 178 Å². The molecule has 0 radical (unpaired) electrons. The number of aliphatic hydroxyl groups is 1. The average Bonchev–Trinajstić information content (AvgIpc) is 3.37. The summed E-state index contributed by atoms with van der Waals surface area (Å²) in [6.45, 7) is 53.2. The van der Waals surface area contributed by atoms with Crippen LogP contribution in [-0.4, -0.2) is 345 Å². The lowest BCUT2D eigenvalue weighted by Gasteiger charge is -2.30. The average molecular weight is 1220 g/mol. The zero-order valence-electron chi connectivity index (χ0n) is 61.1. The molecule has 0 amide bonds. The van der Waals surface area contributed by atoms with Gasteiger partial charge in [-0.2, -0.15) is 0 Å². The molecule has 0 saturated heterocycles. The minimum atomic E-state index is 0.118. The Balaban J connectivity index is -0.000000219. The lowest BCUT2D eigenvalue weighted by atomic mass is 10.2. The molecule has 508 valence electrons. The standard InChI is InChI=1S/C16H37N2O2.C14H32N2O2.C12H29N2.C10H24N2.C8H17ClN.C6H15NO2/c1-8-18(6,7)10-12-20-14-13-19-11-9-17(15(2)3)16(4)5;1-13(2)16(14(3)4)8-10-18-12-11-17-9-7-15(5)6;1-6-14(4,5)12-10-8-7-9-11-13(2)3;1-11(2)9-7-5-6-8-10-12(3)4;1-7(2)10(6-5-9)8(3)4;1-7(2)3-5-9-6-4-8/h15-16H,8-14H2,1-7H3;13-14H,7-12H2,1-6H3;6-12H2,1-5H3;5-10H2,1-4H3;7-8H,1,5-6H2,2-4H3;8H,3-6H2,1-2H3/q+1;;+1;;+1;. The Morgan fingerprint density at radius 1 is 0.349 bits per heavy atom. The SMILES string of the molecule is CC(C)N(CCOCCOCCN(C)C)C(C)C.CC[N+](C)(C)CCCCCCN(C)C.CC[N+](C)(C)CCOCCOCCN(C(C)C)C(C)C.CN(C)CCCCCCN(C)C.CN(C)CCOCCO.[CH2+]C(C)N(CCCl)C(C)C. The highest BCUT2D eigenvalue weighted by molar-refractivity contribution is 6.18. The summed E-state index contributed by atoms with van der Waals surface area (Å²) in [7, 11) is 30.0. The first-order valence-corrected chi connectivity index (χ1v) is 33.3. The van der Waals surface area contributed by atoms with Gasteiger partial charge in [-0.25, -0.2) is 0 Å². The Kier molecular flexibility index (Phi) is 72.8. The zero-order chi connectivity index (χ0) is 65.2. The van der Waals surface area contributed by atoms with E-state index in [4.69, 9.17) is 40.4 Å². The van der Waals surface area contributed by atoms with Gasteiger partial charge in [-0.15, -0.1) is 11.6 Å². The van der Waals surface area contributed by atoms with Gasteiger partial charge in [-0.1, -0.05) is 19.3 Å². The molecule has 0 aliphatic carbocycles. The van der Waals surface area contributed by atoms with E-state index in [1.807, 2.05) is 33.1 Å². The highest BCUT2D eigenvalue weighted by Gasteiger charge is 2.17. The van der Waals surface area contributed by atoms with E-state index < -0.39 is 0 Å². The maximum absolute atomic E-state index is 8.29. The summed E-state index contributed by atoms with van der Waals surface area (Å²) in [6, 6.07) is 3.20. The molecule has 0 aromatic rings. The first-order chi connectivity index (χ1) is 38.7. The van der Waals surface area contributed by atoms with E-state index in [-0.39, 0.29) is 6.61 Å².